The van der Waals surface area contributed by atoms with E-state index in [-0.39, 0.29) is 0 Å². The standard InChI is InChI=1S/C15H26N4O2/c1-9(2)7-8-19-13(16)12(15(20)21-4)14(18-19)17-10(3)11-5-6-11/h9-11H,5-8,16H2,1-4H3,(H,17,18). The van der Waals surface area contributed by atoms with Gasteiger partial charge in [0.25, 0.3) is 0 Å². The van der Waals surface area contributed by atoms with E-state index in [1.165, 1.54) is 20.0 Å². The third kappa shape index (κ3) is 3.68. The monoisotopic (exact) mass is 294 g/mol. The molecule has 3 N–H and O–H groups in total. The van der Waals surface area contributed by atoms with Gasteiger partial charge in [-0.2, -0.15) is 5.10 Å². The molecule has 2 rings (SSSR count). The number of hydrogen-bond acceptors (Lipinski definition) is 5. The lowest BCUT2D eigenvalue weighted by atomic mass is 10.1. The molecule has 0 aromatic carbocycles. The van der Waals surface area contributed by atoms with E-state index in [1.54, 1.807) is 4.68 Å². The van der Waals surface area contributed by atoms with Gasteiger partial charge in [0.05, 0.1) is 7.11 Å². The number of esters is 1. The number of nitrogens with one attached hydrogen (secondary N) is 1. The van der Waals surface area contributed by atoms with Crippen LogP contribution in [0.25, 0.3) is 0 Å². The van der Waals surface area contributed by atoms with Crippen molar-refractivity contribution in [1.29, 1.82) is 0 Å². The van der Waals surface area contributed by atoms with Crippen LogP contribution in [0.15, 0.2) is 0 Å². The van der Waals surface area contributed by atoms with Gasteiger partial charge in [-0.05, 0) is 38.0 Å². The Morgan fingerprint density at radius 1 is 1.48 bits per heavy atom. The van der Waals surface area contributed by atoms with E-state index in [0.717, 1.165) is 6.42 Å². The Kier molecular flexibility index (Phi) is 4.75. The summed E-state index contributed by atoms with van der Waals surface area (Å²) in [5.74, 6) is 1.71. The zero-order valence-corrected chi connectivity index (χ0v) is 13.3. The Balaban J connectivity index is 2.22. The lowest BCUT2D eigenvalue weighted by molar-refractivity contribution is 0.0603. The third-order valence-electron chi connectivity index (χ3n) is 3.99. The molecular weight excluding hydrogens is 268 g/mol. The lowest BCUT2D eigenvalue weighted by Gasteiger charge is -2.12. The molecule has 1 fully saturated rings. The minimum absolute atomic E-state index is 0.293. The molecule has 0 spiro atoms. The Morgan fingerprint density at radius 2 is 2.14 bits per heavy atom. The molecule has 1 aliphatic carbocycles. The number of anilines is 2. The zero-order valence-electron chi connectivity index (χ0n) is 13.3. The highest BCUT2D eigenvalue weighted by molar-refractivity contribution is 5.99. The van der Waals surface area contributed by atoms with Crippen molar-refractivity contribution in [3.05, 3.63) is 5.56 Å². The summed E-state index contributed by atoms with van der Waals surface area (Å²) in [6.45, 7) is 7.11. The minimum atomic E-state index is -0.436. The van der Waals surface area contributed by atoms with Crippen LogP contribution in [0.1, 0.15) is 50.4 Å². The van der Waals surface area contributed by atoms with E-state index in [4.69, 9.17) is 10.5 Å². The summed E-state index contributed by atoms with van der Waals surface area (Å²) in [5, 5.41) is 7.80. The highest BCUT2D eigenvalue weighted by Crippen LogP contribution is 2.35. The van der Waals surface area contributed by atoms with E-state index >= 15 is 0 Å². The molecule has 1 saturated carbocycles. The Morgan fingerprint density at radius 3 is 2.67 bits per heavy atom. The average Bonchev–Trinajstić information content (AvgIpc) is 3.22. The highest BCUT2D eigenvalue weighted by atomic mass is 16.5. The smallest absolute Gasteiger partial charge is 0.345 e. The van der Waals surface area contributed by atoms with Crippen molar-refractivity contribution in [3.8, 4) is 0 Å². The Bertz CT molecular complexity index is 506. The number of carbonyl (C=O) groups excluding carboxylic acids is 1. The number of carbonyl (C=O) groups is 1. The van der Waals surface area contributed by atoms with Gasteiger partial charge in [0.15, 0.2) is 5.82 Å². The number of rotatable bonds is 7. The van der Waals surface area contributed by atoms with Crippen molar-refractivity contribution in [3.63, 3.8) is 0 Å². The molecule has 0 bridgehead atoms. The second-order valence-electron chi connectivity index (χ2n) is 6.28. The molecule has 1 atom stereocenters. The van der Waals surface area contributed by atoms with Gasteiger partial charge >= 0.3 is 5.97 Å². The molecule has 1 unspecified atom stereocenters. The van der Waals surface area contributed by atoms with E-state index in [1.807, 2.05) is 0 Å². The predicted octanol–water partition coefficient (Wildman–Crippen LogP) is 2.51. The number of aryl methyl sites for hydroxylation is 1. The second-order valence-corrected chi connectivity index (χ2v) is 6.28. The van der Waals surface area contributed by atoms with Crippen molar-refractivity contribution < 1.29 is 9.53 Å². The molecule has 1 aromatic rings. The van der Waals surface area contributed by atoms with Crippen molar-refractivity contribution in [2.45, 2.75) is 52.6 Å². The van der Waals surface area contributed by atoms with Gasteiger partial charge in [-0.25, -0.2) is 9.48 Å². The maximum Gasteiger partial charge on any atom is 0.345 e. The SMILES string of the molecule is COC(=O)c1c(NC(C)C2CC2)nn(CCC(C)C)c1N. The van der Waals surface area contributed by atoms with Gasteiger partial charge in [-0.15, -0.1) is 0 Å². The first-order valence-electron chi connectivity index (χ1n) is 7.65. The van der Waals surface area contributed by atoms with Crippen LogP contribution in [0.5, 0.6) is 0 Å². The van der Waals surface area contributed by atoms with Crippen molar-refractivity contribution in [2.75, 3.05) is 18.2 Å². The largest absolute Gasteiger partial charge is 0.465 e. The number of methoxy groups -OCH3 is 1. The number of aromatic nitrogens is 2. The summed E-state index contributed by atoms with van der Waals surface area (Å²) in [4.78, 5) is 12.0. The molecule has 1 heterocycles. The fourth-order valence-corrected chi connectivity index (χ4v) is 2.36. The molecule has 118 valence electrons. The van der Waals surface area contributed by atoms with Crippen LogP contribution in [-0.4, -0.2) is 28.9 Å². The summed E-state index contributed by atoms with van der Waals surface area (Å²) in [6.07, 6.45) is 3.42. The van der Waals surface area contributed by atoms with Crippen LogP contribution >= 0.6 is 0 Å². The minimum Gasteiger partial charge on any atom is -0.465 e. The van der Waals surface area contributed by atoms with Gasteiger partial charge in [-0.1, -0.05) is 13.8 Å². The predicted molar refractivity (Wildman–Crippen MR) is 83.2 cm³/mol. The quantitative estimate of drug-likeness (QED) is 0.755. The van der Waals surface area contributed by atoms with Crippen LogP contribution in [0, 0.1) is 11.8 Å². The fourth-order valence-electron chi connectivity index (χ4n) is 2.36. The highest BCUT2D eigenvalue weighted by Gasteiger charge is 2.31. The van der Waals surface area contributed by atoms with E-state index in [2.05, 4.69) is 31.2 Å². The van der Waals surface area contributed by atoms with Gasteiger partial charge in [0.2, 0.25) is 0 Å². The molecule has 0 aliphatic heterocycles. The topological polar surface area (TPSA) is 82.2 Å². The molecule has 21 heavy (non-hydrogen) atoms. The number of nitrogen functional groups attached to an aromatic ring is 1. The average molecular weight is 294 g/mol. The van der Waals surface area contributed by atoms with Crippen molar-refractivity contribution in [1.82, 2.24) is 9.78 Å². The summed E-state index contributed by atoms with van der Waals surface area (Å²) in [5.41, 5.74) is 6.45. The van der Waals surface area contributed by atoms with E-state index in [0.29, 0.717) is 41.6 Å². The van der Waals surface area contributed by atoms with Gasteiger partial charge in [0, 0.05) is 12.6 Å². The van der Waals surface area contributed by atoms with Crippen molar-refractivity contribution >= 4 is 17.6 Å². The van der Waals surface area contributed by atoms with Crippen LogP contribution in [0.2, 0.25) is 0 Å². The molecule has 0 radical (unpaired) electrons. The first-order valence-corrected chi connectivity index (χ1v) is 7.65. The van der Waals surface area contributed by atoms with E-state index in [9.17, 15) is 4.79 Å². The molecular formula is C15H26N4O2. The normalized spacial score (nSPS) is 16.0. The Labute approximate surface area is 126 Å². The molecule has 1 aliphatic rings. The van der Waals surface area contributed by atoms with E-state index < -0.39 is 5.97 Å². The van der Waals surface area contributed by atoms with Gasteiger partial charge in [0.1, 0.15) is 11.4 Å². The van der Waals surface area contributed by atoms with Crippen molar-refractivity contribution in [2.24, 2.45) is 11.8 Å². The summed E-state index contributed by atoms with van der Waals surface area (Å²) in [6, 6.07) is 0.293. The number of hydrogen-bond donors (Lipinski definition) is 2. The number of nitrogens with zero attached hydrogens (tertiary/aromatic N) is 2. The molecule has 6 heteroatoms. The summed E-state index contributed by atoms with van der Waals surface area (Å²) >= 11 is 0. The lowest BCUT2D eigenvalue weighted by Crippen LogP contribution is -2.19. The first-order chi connectivity index (χ1) is 9.93. The van der Waals surface area contributed by atoms with Gasteiger partial charge in [-0.3, -0.25) is 0 Å². The second kappa shape index (κ2) is 6.37. The summed E-state index contributed by atoms with van der Waals surface area (Å²) < 4.78 is 6.54. The third-order valence-corrected chi connectivity index (χ3v) is 3.99. The fraction of sp³-hybridized carbons (Fsp3) is 0.733. The molecule has 0 saturated heterocycles. The van der Waals surface area contributed by atoms with Crippen LogP contribution < -0.4 is 11.1 Å². The van der Waals surface area contributed by atoms with Crippen LogP contribution in [-0.2, 0) is 11.3 Å². The maximum atomic E-state index is 12.0. The molecule has 0 amide bonds. The number of nitrogens with two attached hydrogens (primary N) is 1. The summed E-state index contributed by atoms with van der Waals surface area (Å²) in [7, 11) is 1.36. The molecule has 6 nitrogen and oxygen atoms in total. The molecule has 1 aromatic heterocycles. The Hall–Kier alpha value is -1.72. The zero-order chi connectivity index (χ0) is 15.6. The maximum absolute atomic E-state index is 12.0. The first kappa shape index (κ1) is 15.7. The van der Waals surface area contributed by atoms with Crippen LogP contribution in [0.4, 0.5) is 11.6 Å². The van der Waals surface area contributed by atoms with Gasteiger partial charge < -0.3 is 15.8 Å². The number of ether oxygens (including phenoxy) is 1. The van der Waals surface area contributed by atoms with Crippen LogP contribution in [0.3, 0.4) is 0 Å².